The largest absolute Gasteiger partial charge is 0.235 e. The van der Waals surface area contributed by atoms with E-state index in [0.29, 0.717) is 0 Å². The van der Waals surface area contributed by atoms with Crippen molar-refractivity contribution < 1.29 is 0 Å². The van der Waals surface area contributed by atoms with Crippen LogP contribution >= 0.6 is 0 Å². The molecule has 6 nitrogen and oxygen atoms in total. The van der Waals surface area contributed by atoms with E-state index in [1.165, 1.54) is 12.3 Å². The summed E-state index contributed by atoms with van der Waals surface area (Å²) >= 11 is 0. The molecule has 0 aliphatic carbocycles. The number of hydrogen-bond donors (Lipinski definition) is 0. The fourth-order valence-electron chi connectivity index (χ4n) is 0.499. The Balaban J connectivity index is 3.12. The van der Waals surface area contributed by atoms with Crippen LogP contribution < -0.4 is 0 Å². The lowest BCUT2D eigenvalue weighted by Crippen LogP contribution is -1.83. The molecule has 0 unspecified atom stereocenters. The van der Waals surface area contributed by atoms with Crippen LogP contribution in [-0.4, -0.2) is 9.97 Å². The highest BCUT2D eigenvalue weighted by atomic mass is 15.2. The third-order valence-corrected chi connectivity index (χ3v) is 0.892. The molecule has 6 heteroatoms. The number of nitrogens with zero attached hydrogens (tertiary/aromatic N) is 6. The van der Waals surface area contributed by atoms with Gasteiger partial charge in [-0.3, -0.25) is 0 Å². The predicted molar refractivity (Wildman–Crippen MR) is 35.6 cm³/mol. The third-order valence-electron chi connectivity index (χ3n) is 0.892. The second-order valence-electron chi connectivity index (χ2n) is 1.54. The Kier molecular flexibility index (Phi) is 2.00. The van der Waals surface area contributed by atoms with Crippen LogP contribution in [0.2, 0.25) is 0 Å². The third kappa shape index (κ3) is 1.64. The van der Waals surface area contributed by atoms with E-state index in [4.69, 9.17) is 10.8 Å². The van der Waals surface area contributed by atoms with Crippen LogP contribution in [0.1, 0.15) is 5.69 Å². The van der Waals surface area contributed by atoms with Gasteiger partial charge in [0.1, 0.15) is 11.8 Å². The van der Waals surface area contributed by atoms with E-state index in [1.807, 2.05) is 0 Å². The zero-order valence-corrected chi connectivity index (χ0v) is 5.34. The van der Waals surface area contributed by atoms with Gasteiger partial charge in [0, 0.05) is 11.1 Å². The number of hydrogen-bond acceptors (Lipinski definition) is 4. The molecule has 1 heterocycles. The van der Waals surface area contributed by atoms with Gasteiger partial charge in [0.15, 0.2) is 0 Å². The minimum atomic E-state index is -0.0356. The van der Waals surface area contributed by atoms with Gasteiger partial charge in [-0.15, -0.1) is 0 Å². The molecule has 1 rings (SSSR count). The molecule has 0 spiro atoms. The lowest BCUT2D eigenvalue weighted by atomic mass is 10.4. The molecule has 0 N–H and O–H groups in total. The summed E-state index contributed by atoms with van der Waals surface area (Å²) in [7, 11) is 0. The lowest BCUT2D eigenvalue weighted by molar-refractivity contribution is 1.10. The first-order valence-electron chi connectivity index (χ1n) is 2.65. The molecule has 0 saturated carbocycles. The molecule has 1 aromatic rings. The van der Waals surface area contributed by atoms with Gasteiger partial charge >= 0.3 is 0 Å². The number of aromatic nitrogens is 2. The van der Waals surface area contributed by atoms with E-state index in [1.54, 1.807) is 6.07 Å². The zero-order chi connectivity index (χ0) is 8.10. The van der Waals surface area contributed by atoms with Crippen molar-refractivity contribution in [1.82, 2.24) is 9.97 Å². The molecule has 11 heavy (non-hydrogen) atoms. The topological polar surface area (TPSA) is 98.3 Å². The van der Waals surface area contributed by atoms with E-state index in [9.17, 15) is 0 Å². The quantitative estimate of drug-likeness (QED) is 0.339. The van der Waals surface area contributed by atoms with Crippen molar-refractivity contribution in [3.8, 4) is 6.07 Å². The second-order valence-corrected chi connectivity index (χ2v) is 1.54. The van der Waals surface area contributed by atoms with Crippen LogP contribution in [0, 0.1) is 11.3 Å². The highest BCUT2D eigenvalue weighted by Gasteiger charge is 1.92. The first-order valence-corrected chi connectivity index (χ1v) is 2.65. The maximum Gasteiger partial charge on any atom is 0.217 e. The molecular formula is C5H2N6. The van der Waals surface area contributed by atoms with Gasteiger partial charge in [0.2, 0.25) is 5.95 Å². The average Bonchev–Trinajstić information content (AvgIpc) is 2.06. The number of nitriles is 1. The Labute approximate surface area is 61.8 Å². The van der Waals surface area contributed by atoms with Crippen LogP contribution in [0.25, 0.3) is 10.4 Å². The first-order chi connectivity index (χ1) is 5.36. The van der Waals surface area contributed by atoms with Gasteiger partial charge in [-0.2, -0.15) is 5.26 Å². The minimum Gasteiger partial charge on any atom is -0.235 e. The minimum absolute atomic E-state index is 0.0356. The molecule has 52 valence electrons. The van der Waals surface area contributed by atoms with E-state index in [0.717, 1.165) is 0 Å². The standard InChI is InChI=1S/C5H2N6/c6-3-4-1-2-8-5(9-4)10-11-7/h1-2H. The average molecular weight is 146 g/mol. The summed E-state index contributed by atoms with van der Waals surface area (Å²) in [5.41, 5.74) is 8.16. The van der Waals surface area contributed by atoms with E-state index in [2.05, 4.69) is 20.0 Å². The molecule has 0 bridgehead atoms. The van der Waals surface area contributed by atoms with Gasteiger partial charge < -0.3 is 0 Å². The second kappa shape index (κ2) is 3.15. The summed E-state index contributed by atoms with van der Waals surface area (Å²) in [6.07, 6.45) is 1.36. The number of azide groups is 1. The van der Waals surface area contributed by atoms with Gasteiger partial charge in [-0.25, -0.2) is 9.97 Å². The molecule has 1 aromatic heterocycles. The van der Waals surface area contributed by atoms with Gasteiger partial charge in [0.25, 0.3) is 0 Å². The fraction of sp³-hybridized carbons (Fsp3) is 0. The monoisotopic (exact) mass is 146 g/mol. The Hall–Kier alpha value is -2.12. The van der Waals surface area contributed by atoms with Crippen LogP contribution in [0.15, 0.2) is 17.4 Å². The Morgan fingerprint density at radius 3 is 3.18 bits per heavy atom. The lowest BCUT2D eigenvalue weighted by Gasteiger charge is -1.87. The Morgan fingerprint density at radius 2 is 2.55 bits per heavy atom. The number of rotatable bonds is 1. The fourth-order valence-corrected chi connectivity index (χ4v) is 0.499. The van der Waals surface area contributed by atoms with E-state index >= 15 is 0 Å². The van der Waals surface area contributed by atoms with Gasteiger partial charge in [-0.05, 0) is 16.7 Å². The summed E-state index contributed by atoms with van der Waals surface area (Å²) in [5, 5.41) is 11.5. The summed E-state index contributed by atoms with van der Waals surface area (Å²) in [5.74, 6) is -0.0356. The van der Waals surface area contributed by atoms with Crippen molar-refractivity contribution in [2.75, 3.05) is 0 Å². The van der Waals surface area contributed by atoms with Crippen LogP contribution in [0.5, 0.6) is 0 Å². The van der Waals surface area contributed by atoms with Crippen LogP contribution in [0.4, 0.5) is 5.95 Å². The van der Waals surface area contributed by atoms with Crippen molar-refractivity contribution in [3.63, 3.8) is 0 Å². The Bertz CT molecular complexity index is 344. The molecule has 0 aliphatic heterocycles. The highest BCUT2D eigenvalue weighted by molar-refractivity contribution is 5.24. The first kappa shape index (κ1) is 6.99. The highest BCUT2D eigenvalue weighted by Crippen LogP contribution is 2.02. The molecule has 0 amide bonds. The SMILES string of the molecule is N#Cc1ccnc(N=[N+]=[N-])n1. The van der Waals surface area contributed by atoms with Crippen molar-refractivity contribution in [2.45, 2.75) is 0 Å². The zero-order valence-electron chi connectivity index (χ0n) is 5.34. The molecule has 0 fully saturated rings. The van der Waals surface area contributed by atoms with Crippen molar-refractivity contribution in [2.24, 2.45) is 5.11 Å². The summed E-state index contributed by atoms with van der Waals surface area (Å²) in [6, 6.07) is 3.22. The van der Waals surface area contributed by atoms with Crippen LogP contribution in [-0.2, 0) is 0 Å². The molecular weight excluding hydrogens is 144 g/mol. The van der Waals surface area contributed by atoms with E-state index < -0.39 is 0 Å². The summed E-state index contributed by atoms with van der Waals surface area (Å²) in [4.78, 5) is 9.65. The molecule has 0 radical (unpaired) electrons. The van der Waals surface area contributed by atoms with Crippen LogP contribution in [0.3, 0.4) is 0 Å². The van der Waals surface area contributed by atoms with Crippen molar-refractivity contribution >= 4 is 5.95 Å². The maximum atomic E-state index is 8.36. The molecule has 0 saturated heterocycles. The molecule has 0 aromatic carbocycles. The van der Waals surface area contributed by atoms with Gasteiger partial charge in [0.05, 0.1) is 0 Å². The normalized spacial score (nSPS) is 7.91. The summed E-state index contributed by atoms with van der Waals surface area (Å²) < 4.78 is 0. The Morgan fingerprint density at radius 1 is 1.73 bits per heavy atom. The van der Waals surface area contributed by atoms with Crippen molar-refractivity contribution in [1.29, 1.82) is 5.26 Å². The smallest absolute Gasteiger partial charge is 0.217 e. The van der Waals surface area contributed by atoms with E-state index in [-0.39, 0.29) is 11.6 Å². The molecule has 0 aliphatic rings. The van der Waals surface area contributed by atoms with Gasteiger partial charge in [-0.1, -0.05) is 0 Å². The maximum absolute atomic E-state index is 8.36. The predicted octanol–water partition coefficient (Wildman–Crippen LogP) is 1.29. The summed E-state index contributed by atoms with van der Waals surface area (Å²) in [6.45, 7) is 0. The van der Waals surface area contributed by atoms with Crippen molar-refractivity contribution in [3.05, 3.63) is 28.4 Å². The molecule has 0 atom stereocenters.